The number of nitrogens with two attached hydrogens (primary N) is 1. The molecule has 3 N–H and O–H groups in total. The van der Waals surface area contributed by atoms with Gasteiger partial charge < -0.3 is 10.1 Å². The third-order valence-corrected chi connectivity index (χ3v) is 5.94. The average molecular weight is 420 g/mol. The number of esters is 1. The first kappa shape index (κ1) is 20.9. The zero-order valence-electron chi connectivity index (χ0n) is 15.6. The van der Waals surface area contributed by atoms with Crippen molar-refractivity contribution in [1.82, 2.24) is 0 Å². The van der Waals surface area contributed by atoms with E-state index in [1.54, 1.807) is 12.1 Å². The Morgan fingerprint density at radius 1 is 1.10 bits per heavy atom. The second kappa shape index (κ2) is 8.30. The molecule has 1 amide bonds. The van der Waals surface area contributed by atoms with Crippen LogP contribution in [0.1, 0.15) is 31.2 Å². The fraction of sp³-hybridized carbons (Fsp3) is 0.300. The molecular weight excluding hydrogens is 399 g/mol. The summed E-state index contributed by atoms with van der Waals surface area (Å²) in [5.74, 6) is -1.54. The molecule has 0 heterocycles. The molecule has 0 radical (unpaired) electrons. The number of carbonyl (C=O) groups excluding carboxylic acids is 2. The highest BCUT2D eigenvalue weighted by Gasteiger charge is 2.44. The first-order valence-corrected chi connectivity index (χ1v) is 10.6. The summed E-state index contributed by atoms with van der Waals surface area (Å²) in [7, 11) is -3.90. The van der Waals surface area contributed by atoms with Gasteiger partial charge in [0, 0.05) is 5.69 Å². The number of primary sulfonamides is 1. The second-order valence-corrected chi connectivity index (χ2v) is 8.55. The van der Waals surface area contributed by atoms with Gasteiger partial charge in [0.1, 0.15) is 5.82 Å². The number of anilines is 1. The maximum Gasteiger partial charge on any atom is 0.317 e. The standard InChI is InChI=1S/C20H21FN2O5S/c21-15-8-6-14(7-9-15)20(10-1-2-11-20)19(25)28-13-18(24)23-16-4-3-5-17(12-16)29(22,26)27/h3-9,12H,1-2,10-11,13H2,(H,23,24)(H2,22,26,27). The van der Waals surface area contributed by atoms with Crippen LogP contribution >= 0.6 is 0 Å². The number of rotatable bonds is 6. The maximum absolute atomic E-state index is 13.2. The minimum absolute atomic E-state index is 0.145. The quantitative estimate of drug-likeness (QED) is 0.697. The highest BCUT2D eigenvalue weighted by Crippen LogP contribution is 2.42. The number of sulfonamides is 1. The predicted octanol–water partition coefficient (Wildman–Crippen LogP) is 2.47. The fourth-order valence-electron chi connectivity index (χ4n) is 3.58. The number of ether oxygens (including phenoxy) is 1. The van der Waals surface area contributed by atoms with E-state index in [2.05, 4.69) is 5.32 Å². The molecule has 0 unspecified atom stereocenters. The lowest BCUT2D eigenvalue weighted by atomic mass is 9.79. The van der Waals surface area contributed by atoms with Crippen LogP contribution in [0.15, 0.2) is 53.4 Å². The van der Waals surface area contributed by atoms with E-state index in [4.69, 9.17) is 9.88 Å². The van der Waals surface area contributed by atoms with E-state index in [1.807, 2.05) is 0 Å². The van der Waals surface area contributed by atoms with Gasteiger partial charge in [0.05, 0.1) is 10.3 Å². The molecule has 0 aromatic heterocycles. The molecule has 1 aliphatic carbocycles. The number of amides is 1. The molecule has 0 aliphatic heterocycles. The van der Waals surface area contributed by atoms with Gasteiger partial charge in [0.2, 0.25) is 10.0 Å². The summed E-state index contributed by atoms with van der Waals surface area (Å²) in [6, 6.07) is 11.2. The summed E-state index contributed by atoms with van der Waals surface area (Å²) >= 11 is 0. The third-order valence-electron chi connectivity index (χ3n) is 5.03. The number of halogens is 1. The SMILES string of the molecule is NS(=O)(=O)c1cccc(NC(=O)COC(=O)C2(c3ccc(F)cc3)CCCC2)c1. The lowest BCUT2D eigenvalue weighted by molar-refractivity contribution is -0.153. The molecule has 7 nitrogen and oxygen atoms in total. The lowest BCUT2D eigenvalue weighted by Crippen LogP contribution is -2.36. The maximum atomic E-state index is 13.2. The minimum atomic E-state index is -3.90. The Kier molecular flexibility index (Phi) is 5.99. The minimum Gasteiger partial charge on any atom is -0.455 e. The van der Waals surface area contributed by atoms with Crippen molar-refractivity contribution in [3.05, 3.63) is 59.9 Å². The van der Waals surface area contributed by atoms with Gasteiger partial charge in [0.25, 0.3) is 5.91 Å². The molecule has 2 aromatic carbocycles. The molecule has 154 valence electrons. The average Bonchev–Trinajstić information content (AvgIpc) is 3.17. The molecule has 3 rings (SSSR count). The molecule has 0 bridgehead atoms. The van der Waals surface area contributed by atoms with Crippen molar-refractivity contribution in [3.8, 4) is 0 Å². The highest BCUT2D eigenvalue weighted by molar-refractivity contribution is 7.89. The number of benzene rings is 2. The van der Waals surface area contributed by atoms with Gasteiger partial charge in [-0.15, -0.1) is 0 Å². The molecule has 0 spiro atoms. The van der Waals surface area contributed by atoms with Crippen LogP contribution in [0.3, 0.4) is 0 Å². The van der Waals surface area contributed by atoms with Crippen LogP contribution in [-0.2, 0) is 29.8 Å². The van der Waals surface area contributed by atoms with Gasteiger partial charge in [-0.05, 0) is 48.7 Å². The van der Waals surface area contributed by atoms with Gasteiger partial charge >= 0.3 is 5.97 Å². The van der Waals surface area contributed by atoms with Crippen molar-refractivity contribution >= 4 is 27.6 Å². The van der Waals surface area contributed by atoms with Gasteiger partial charge in [0.15, 0.2) is 6.61 Å². The van der Waals surface area contributed by atoms with E-state index in [0.717, 1.165) is 12.8 Å². The van der Waals surface area contributed by atoms with E-state index in [-0.39, 0.29) is 10.6 Å². The summed E-state index contributed by atoms with van der Waals surface area (Å²) in [5, 5.41) is 7.54. The lowest BCUT2D eigenvalue weighted by Gasteiger charge is -2.27. The largest absolute Gasteiger partial charge is 0.455 e. The van der Waals surface area contributed by atoms with Crippen LogP contribution in [0.2, 0.25) is 0 Å². The number of carbonyl (C=O) groups is 2. The van der Waals surface area contributed by atoms with Crippen molar-refractivity contribution in [2.24, 2.45) is 5.14 Å². The molecule has 0 atom stereocenters. The van der Waals surface area contributed by atoms with Gasteiger partial charge in [-0.3, -0.25) is 9.59 Å². The molecular formula is C20H21FN2O5S. The second-order valence-electron chi connectivity index (χ2n) is 6.99. The van der Waals surface area contributed by atoms with Crippen molar-refractivity contribution < 1.29 is 27.1 Å². The predicted molar refractivity (Wildman–Crippen MR) is 104 cm³/mol. The topological polar surface area (TPSA) is 116 Å². The summed E-state index contributed by atoms with van der Waals surface area (Å²) in [6.07, 6.45) is 2.79. The van der Waals surface area contributed by atoms with Crippen molar-refractivity contribution in [1.29, 1.82) is 0 Å². The van der Waals surface area contributed by atoms with Crippen molar-refractivity contribution in [2.45, 2.75) is 36.0 Å². The summed E-state index contributed by atoms with van der Waals surface area (Å²) < 4.78 is 41.3. The van der Waals surface area contributed by atoms with Crippen LogP contribution in [0, 0.1) is 5.82 Å². The van der Waals surface area contributed by atoms with Gasteiger partial charge in [-0.1, -0.05) is 31.0 Å². The fourth-order valence-corrected chi connectivity index (χ4v) is 4.13. The summed E-state index contributed by atoms with van der Waals surface area (Å²) in [6.45, 7) is -0.526. The number of hydrogen-bond donors (Lipinski definition) is 2. The number of nitrogens with one attached hydrogen (secondary N) is 1. The molecule has 2 aromatic rings. The van der Waals surface area contributed by atoms with Crippen LogP contribution in [0.4, 0.5) is 10.1 Å². The first-order valence-electron chi connectivity index (χ1n) is 9.07. The molecule has 1 fully saturated rings. The molecule has 1 aliphatic rings. The molecule has 1 saturated carbocycles. The van der Waals surface area contributed by atoms with E-state index in [0.29, 0.717) is 18.4 Å². The Morgan fingerprint density at radius 3 is 2.38 bits per heavy atom. The van der Waals surface area contributed by atoms with E-state index in [1.165, 1.54) is 36.4 Å². The van der Waals surface area contributed by atoms with Gasteiger partial charge in [-0.25, -0.2) is 17.9 Å². The van der Waals surface area contributed by atoms with Crippen LogP contribution in [0.25, 0.3) is 0 Å². The zero-order chi connectivity index (χ0) is 21.1. The highest BCUT2D eigenvalue weighted by atomic mass is 32.2. The zero-order valence-corrected chi connectivity index (χ0v) is 16.4. The van der Waals surface area contributed by atoms with Crippen molar-refractivity contribution in [3.63, 3.8) is 0 Å². The van der Waals surface area contributed by atoms with E-state index < -0.39 is 39.7 Å². The normalized spacial score (nSPS) is 15.7. The molecule has 0 saturated heterocycles. The Labute approximate surface area is 168 Å². The Bertz CT molecular complexity index is 1020. The summed E-state index contributed by atoms with van der Waals surface area (Å²) in [5.41, 5.74) is -0.00372. The Morgan fingerprint density at radius 2 is 1.76 bits per heavy atom. The van der Waals surface area contributed by atoms with E-state index in [9.17, 15) is 22.4 Å². The Balaban J connectivity index is 1.66. The first-order chi connectivity index (χ1) is 13.7. The van der Waals surface area contributed by atoms with Gasteiger partial charge in [-0.2, -0.15) is 0 Å². The van der Waals surface area contributed by atoms with Crippen LogP contribution in [0.5, 0.6) is 0 Å². The monoisotopic (exact) mass is 420 g/mol. The smallest absolute Gasteiger partial charge is 0.317 e. The van der Waals surface area contributed by atoms with Crippen LogP contribution in [-0.4, -0.2) is 26.9 Å². The Hall–Kier alpha value is -2.78. The number of hydrogen-bond acceptors (Lipinski definition) is 5. The molecule has 29 heavy (non-hydrogen) atoms. The summed E-state index contributed by atoms with van der Waals surface area (Å²) in [4.78, 5) is 24.8. The van der Waals surface area contributed by atoms with E-state index >= 15 is 0 Å². The van der Waals surface area contributed by atoms with Crippen molar-refractivity contribution in [2.75, 3.05) is 11.9 Å². The van der Waals surface area contributed by atoms with Crippen LogP contribution < -0.4 is 10.5 Å². The third kappa shape index (κ3) is 4.80. The molecule has 9 heteroatoms.